The van der Waals surface area contributed by atoms with Crippen LogP contribution >= 0.6 is 24.0 Å². The largest absolute Gasteiger partial charge is 0.357 e. The Labute approximate surface area is 187 Å². The number of nitrogens with one attached hydrogen (secondary N) is 2. The fourth-order valence-electron chi connectivity index (χ4n) is 3.39. The van der Waals surface area contributed by atoms with Crippen molar-refractivity contribution in [1.82, 2.24) is 14.9 Å². The lowest BCUT2D eigenvalue weighted by molar-refractivity contribution is 0.481. The van der Waals surface area contributed by atoms with Crippen molar-refractivity contribution < 1.29 is 8.42 Å². The monoisotopic (exact) mass is 522 g/mol. The Morgan fingerprint density at radius 1 is 1.14 bits per heavy atom. The van der Waals surface area contributed by atoms with E-state index in [4.69, 9.17) is 0 Å². The van der Waals surface area contributed by atoms with Gasteiger partial charge in [-0.25, -0.2) is 17.7 Å². The number of sulfonamides is 1. The molecule has 1 fully saturated rings. The fourth-order valence-corrected chi connectivity index (χ4v) is 4.29. The molecule has 0 amide bonds. The molecule has 160 valence electrons. The molecule has 8 heteroatoms. The number of hydrogen-bond donors (Lipinski definition) is 2. The molecule has 28 heavy (non-hydrogen) atoms. The van der Waals surface area contributed by atoms with Gasteiger partial charge in [0.2, 0.25) is 10.0 Å². The molecule has 0 spiro atoms. The molecule has 2 N–H and O–H groups in total. The Balaban J connectivity index is 0.00000392. The van der Waals surface area contributed by atoms with Crippen LogP contribution in [0.3, 0.4) is 0 Å². The number of halogens is 1. The van der Waals surface area contributed by atoms with E-state index in [9.17, 15) is 8.42 Å². The zero-order chi connectivity index (χ0) is 19.7. The molecule has 2 rings (SSSR count). The van der Waals surface area contributed by atoms with Crippen LogP contribution < -0.4 is 10.6 Å². The third-order valence-electron chi connectivity index (χ3n) is 5.02. The molecule has 1 aromatic carbocycles. The molecule has 6 nitrogen and oxygen atoms in total. The van der Waals surface area contributed by atoms with Crippen LogP contribution in [0.15, 0.2) is 34.2 Å². The number of nitrogens with zero attached hydrogens (tertiary/aromatic N) is 2. The van der Waals surface area contributed by atoms with Crippen molar-refractivity contribution in [3.63, 3.8) is 0 Å². The van der Waals surface area contributed by atoms with Gasteiger partial charge in [0, 0.05) is 27.2 Å². The second kappa shape index (κ2) is 12.6. The second-order valence-electron chi connectivity index (χ2n) is 7.35. The summed E-state index contributed by atoms with van der Waals surface area (Å²) in [5, 5.41) is 6.67. The van der Waals surface area contributed by atoms with E-state index in [-0.39, 0.29) is 24.0 Å². The lowest BCUT2D eigenvalue weighted by Crippen LogP contribution is -2.37. The molecule has 0 bridgehead atoms. The Kier molecular flexibility index (Phi) is 11.4. The Morgan fingerprint density at radius 3 is 2.36 bits per heavy atom. The summed E-state index contributed by atoms with van der Waals surface area (Å²) in [6.45, 7) is 4.31. The summed E-state index contributed by atoms with van der Waals surface area (Å²) in [6, 6.07) is 6.93. The molecule has 1 saturated carbocycles. The first-order valence-electron chi connectivity index (χ1n) is 9.97. The molecule has 0 aliphatic heterocycles. The molecule has 0 saturated heterocycles. The molecule has 0 heterocycles. The van der Waals surface area contributed by atoms with Gasteiger partial charge in [-0.15, -0.1) is 24.0 Å². The molecule has 1 aliphatic carbocycles. The van der Waals surface area contributed by atoms with Crippen molar-refractivity contribution >= 4 is 40.0 Å². The number of aliphatic imine (C=N–C) groups is 1. The Morgan fingerprint density at radius 2 is 1.79 bits per heavy atom. The minimum atomic E-state index is -3.38. The van der Waals surface area contributed by atoms with Gasteiger partial charge in [-0.05, 0) is 43.4 Å². The van der Waals surface area contributed by atoms with E-state index in [0.717, 1.165) is 30.5 Å². The van der Waals surface area contributed by atoms with Gasteiger partial charge in [0.1, 0.15) is 0 Å². The molecule has 0 unspecified atom stereocenters. The minimum Gasteiger partial charge on any atom is -0.357 e. The summed E-state index contributed by atoms with van der Waals surface area (Å²) in [6.07, 6.45) is 8.06. The maximum absolute atomic E-state index is 12.1. The summed E-state index contributed by atoms with van der Waals surface area (Å²) in [7, 11) is -0.310. The van der Waals surface area contributed by atoms with Gasteiger partial charge in [-0.2, -0.15) is 0 Å². The van der Waals surface area contributed by atoms with Gasteiger partial charge < -0.3 is 10.6 Å². The smallest absolute Gasteiger partial charge is 0.242 e. The fraction of sp³-hybridized carbons (Fsp3) is 0.650. The maximum atomic E-state index is 12.1. The number of benzene rings is 1. The van der Waals surface area contributed by atoms with Crippen molar-refractivity contribution in [3.8, 4) is 0 Å². The zero-order valence-corrected chi connectivity index (χ0v) is 20.4. The first-order valence-corrected chi connectivity index (χ1v) is 11.4. The average Bonchev–Trinajstić information content (AvgIpc) is 3.17. The van der Waals surface area contributed by atoms with Gasteiger partial charge in [-0.3, -0.25) is 0 Å². The second-order valence-corrected chi connectivity index (χ2v) is 9.50. The molecule has 1 aliphatic rings. The average molecular weight is 522 g/mol. The molecule has 0 atom stereocenters. The van der Waals surface area contributed by atoms with Crippen LogP contribution in [0.5, 0.6) is 0 Å². The predicted molar refractivity (Wildman–Crippen MR) is 127 cm³/mol. The van der Waals surface area contributed by atoms with Crippen LogP contribution in [-0.4, -0.2) is 45.9 Å². The van der Waals surface area contributed by atoms with Crippen molar-refractivity contribution in [2.24, 2.45) is 10.9 Å². The molecule has 0 aromatic heterocycles. The molecular formula is C20H35IN4O2S. The Hall–Kier alpha value is -0.870. The van der Waals surface area contributed by atoms with Gasteiger partial charge in [-0.1, -0.05) is 37.8 Å². The summed E-state index contributed by atoms with van der Waals surface area (Å²) >= 11 is 0. The van der Waals surface area contributed by atoms with Gasteiger partial charge in [0.05, 0.1) is 11.4 Å². The molecular weight excluding hydrogens is 487 g/mol. The first kappa shape index (κ1) is 25.2. The number of hydrogen-bond acceptors (Lipinski definition) is 3. The lowest BCUT2D eigenvalue weighted by Gasteiger charge is -2.13. The van der Waals surface area contributed by atoms with E-state index < -0.39 is 10.0 Å². The summed E-state index contributed by atoms with van der Waals surface area (Å²) in [4.78, 5) is 4.92. The summed E-state index contributed by atoms with van der Waals surface area (Å²) in [5.41, 5.74) is 0.982. The van der Waals surface area contributed by atoms with E-state index in [0.29, 0.717) is 11.4 Å². The highest BCUT2D eigenvalue weighted by atomic mass is 127. The summed E-state index contributed by atoms with van der Waals surface area (Å²) in [5.74, 6) is 1.73. The van der Waals surface area contributed by atoms with Crippen LogP contribution in [-0.2, 0) is 16.6 Å². The lowest BCUT2D eigenvalue weighted by atomic mass is 10.0. The maximum Gasteiger partial charge on any atom is 0.242 e. The zero-order valence-electron chi connectivity index (χ0n) is 17.3. The van der Waals surface area contributed by atoms with Gasteiger partial charge in [0.25, 0.3) is 0 Å². The normalized spacial score (nSPS) is 15.5. The first-order chi connectivity index (χ1) is 12.9. The van der Waals surface area contributed by atoms with Crippen molar-refractivity contribution in [2.75, 3.05) is 27.2 Å². The number of guanidine groups is 1. The highest BCUT2D eigenvalue weighted by Gasteiger charge is 2.16. The highest BCUT2D eigenvalue weighted by molar-refractivity contribution is 14.0. The van der Waals surface area contributed by atoms with Crippen molar-refractivity contribution in [1.29, 1.82) is 0 Å². The third-order valence-corrected chi connectivity index (χ3v) is 6.85. The van der Waals surface area contributed by atoms with Crippen LogP contribution in [0.2, 0.25) is 0 Å². The predicted octanol–water partition coefficient (Wildman–Crippen LogP) is 3.58. The van der Waals surface area contributed by atoms with Crippen LogP contribution in [0.4, 0.5) is 0 Å². The number of rotatable bonds is 9. The SMILES string of the molecule is CCNC(=NCc1ccc(S(=O)(=O)N(C)C)cc1)NCCCC1CCCC1.I. The van der Waals surface area contributed by atoms with E-state index in [1.807, 2.05) is 12.1 Å². The third kappa shape index (κ3) is 7.87. The summed E-state index contributed by atoms with van der Waals surface area (Å²) < 4.78 is 25.5. The van der Waals surface area contributed by atoms with Crippen LogP contribution in [0.1, 0.15) is 51.0 Å². The van der Waals surface area contributed by atoms with E-state index >= 15 is 0 Å². The minimum absolute atomic E-state index is 0. The van der Waals surface area contributed by atoms with Crippen molar-refractivity contribution in [2.45, 2.75) is 56.9 Å². The van der Waals surface area contributed by atoms with E-state index in [2.05, 4.69) is 22.5 Å². The standard InChI is InChI=1S/C20H34N4O2S.HI/c1-4-21-20(22-15-7-10-17-8-5-6-9-17)23-16-18-11-13-19(14-12-18)27(25,26)24(2)3;/h11-14,17H,4-10,15-16H2,1-3H3,(H2,21,22,23);1H. The van der Waals surface area contributed by atoms with Crippen LogP contribution in [0, 0.1) is 5.92 Å². The molecule has 0 radical (unpaired) electrons. The molecule has 1 aromatic rings. The van der Waals surface area contributed by atoms with E-state index in [1.54, 1.807) is 12.1 Å². The highest BCUT2D eigenvalue weighted by Crippen LogP contribution is 2.28. The van der Waals surface area contributed by atoms with Crippen molar-refractivity contribution in [3.05, 3.63) is 29.8 Å². The van der Waals surface area contributed by atoms with Gasteiger partial charge >= 0.3 is 0 Å². The quantitative estimate of drug-likeness (QED) is 0.225. The Bertz CT molecular complexity index is 699. The van der Waals surface area contributed by atoms with Gasteiger partial charge in [0.15, 0.2) is 5.96 Å². The van der Waals surface area contributed by atoms with Crippen LogP contribution in [0.25, 0.3) is 0 Å². The van der Waals surface area contributed by atoms with E-state index in [1.165, 1.54) is 56.9 Å². The topological polar surface area (TPSA) is 73.8 Å².